The van der Waals surface area contributed by atoms with Gasteiger partial charge in [-0.25, -0.2) is 0 Å². The van der Waals surface area contributed by atoms with Crippen molar-refractivity contribution in [2.45, 2.75) is 12.0 Å². The van der Waals surface area contributed by atoms with Crippen molar-refractivity contribution in [1.82, 2.24) is 5.32 Å². The fourth-order valence-corrected chi connectivity index (χ4v) is 2.50. The van der Waals surface area contributed by atoms with E-state index in [1.807, 2.05) is 6.07 Å². The molecule has 1 N–H and O–H groups in total. The predicted octanol–water partition coefficient (Wildman–Crippen LogP) is 0.941. The number of benzene rings is 1. The van der Waals surface area contributed by atoms with E-state index in [-0.39, 0.29) is 30.4 Å². The number of nitrogens with zero attached hydrogens (tertiary/aromatic N) is 1. The van der Waals surface area contributed by atoms with Crippen LogP contribution in [0.2, 0.25) is 0 Å². The third kappa shape index (κ3) is 2.44. The monoisotopic (exact) mass is 264 g/mol. The summed E-state index contributed by atoms with van der Waals surface area (Å²) in [6, 6.07) is 8.80. The van der Waals surface area contributed by atoms with Crippen LogP contribution >= 0.6 is 0 Å². The van der Waals surface area contributed by atoms with E-state index in [2.05, 4.69) is 5.32 Å². The van der Waals surface area contributed by atoms with Crippen LogP contribution in [0, 0.1) is 16.0 Å². The maximum absolute atomic E-state index is 11.7. The van der Waals surface area contributed by atoms with Crippen molar-refractivity contribution in [3.05, 3.63) is 46.0 Å². The molecule has 0 radical (unpaired) electrons. The molecular formula is C13H16N2O4. The number of rotatable bonds is 4. The van der Waals surface area contributed by atoms with Gasteiger partial charge < -0.3 is 10.1 Å². The van der Waals surface area contributed by atoms with Crippen molar-refractivity contribution in [1.29, 1.82) is 0 Å². The van der Waals surface area contributed by atoms with Crippen LogP contribution in [0.4, 0.5) is 0 Å². The fraction of sp³-hybridized carbons (Fsp3) is 0.462. The summed E-state index contributed by atoms with van der Waals surface area (Å²) >= 11 is 0. The smallest absolute Gasteiger partial charge is 0.264 e. The number of hydrogen-bond donors (Lipinski definition) is 1. The molecule has 1 aromatic carbocycles. The first-order chi connectivity index (χ1) is 9.10. The van der Waals surface area contributed by atoms with Crippen molar-refractivity contribution < 1.29 is 14.5 Å². The van der Waals surface area contributed by atoms with Crippen LogP contribution in [0.1, 0.15) is 12.0 Å². The molecule has 2 atom stereocenters. The van der Waals surface area contributed by atoms with Gasteiger partial charge in [0, 0.05) is 24.0 Å². The summed E-state index contributed by atoms with van der Waals surface area (Å²) in [5, 5.41) is 14.2. The predicted molar refractivity (Wildman–Crippen MR) is 68.1 cm³/mol. The first kappa shape index (κ1) is 13.5. The lowest BCUT2D eigenvalue weighted by Gasteiger charge is -2.33. The summed E-state index contributed by atoms with van der Waals surface area (Å²) in [5.41, 5.74) is -0.653. The van der Waals surface area contributed by atoms with Gasteiger partial charge in [0.25, 0.3) is 5.54 Å². The zero-order chi connectivity index (χ0) is 13.9. The molecule has 0 spiro atoms. The highest BCUT2D eigenvalue weighted by molar-refractivity contribution is 5.80. The summed E-state index contributed by atoms with van der Waals surface area (Å²) in [4.78, 5) is 23.0. The van der Waals surface area contributed by atoms with Gasteiger partial charge >= 0.3 is 0 Å². The van der Waals surface area contributed by atoms with Gasteiger partial charge in [0.1, 0.15) is 0 Å². The molecule has 1 saturated heterocycles. The van der Waals surface area contributed by atoms with Crippen LogP contribution in [-0.2, 0) is 15.1 Å². The van der Waals surface area contributed by atoms with Gasteiger partial charge in [-0.05, 0) is 0 Å². The molecule has 1 fully saturated rings. The Kier molecular flexibility index (Phi) is 3.80. The number of methoxy groups -OCH3 is 1. The Morgan fingerprint density at radius 3 is 2.74 bits per heavy atom. The second-order valence-corrected chi connectivity index (χ2v) is 4.73. The van der Waals surface area contributed by atoms with Crippen molar-refractivity contribution in [3.63, 3.8) is 0 Å². The second-order valence-electron chi connectivity index (χ2n) is 4.73. The van der Waals surface area contributed by atoms with Crippen molar-refractivity contribution in [2.75, 3.05) is 20.3 Å². The first-order valence-corrected chi connectivity index (χ1v) is 6.07. The third-order valence-corrected chi connectivity index (χ3v) is 3.54. The van der Waals surface area contributed by atoms with E-state index in [4.69, 9.17) is 4.74 Å². The van der Waals surface area contributed by atoms with Crippen LogP contribution in [0.25, 0.3) is 0 Å². The van der Waals surface area contributed by atoms with Gasteiger partial charge in [-0.2, -0.15) is 0 Å². The maximum atomic E-state index is 11.7. The van der Waals surface area contributed by atoms with E-state index in [9.17, 15) is 14.9 Å². The van der Waals surface area contributed by atoms with Crippen molar-refractivity contribution in [3.8, 4) is 0 Å². The number of nitro groups is 1. The Labute approximate surface area is 110 Å². The molecule has 1 aliphatic heterocycles. The molecule has 1 amide bonds. The minimum absolute atomic E-state index is 0.0169. The normalized spacial score (nSPS) is 26.8. The summed E-state index contributed by atoms with van der Waals surface area (Å²) in [5.74, 6) is -0.681. The molecule has 1 aromatic rings. The number of carbonyl (C=O) groups excluding carboxylic acids is 1. The van der Waals surface area contributed by atoms with E-state index in [0.29, 0.717) is 5.56 Å². The second kappa shape index (κ2) is 5.36. The van der Waals surface area contributed by atoms with Crippen LogP contribution in [-0.4, -0.2) is 31.1 Å². The lowest BCUT2D eigenvalue weighted by atomic mass is 9.79. The van der Waals surface area contributed by atoms with E-state index in [1.165, 1.54) is 7.11 Å². The molecular weight excluding hydrogens is 248 g/mol. The fourth-order valence-electron chi connectivity index (χ4n) is 2.50. The van der Waals surface area contributed by atoms with Gasteiger partial charge in [0.05, 0.1) is 19.1 Å². The highest BCUT2D eigenvalue weighted by Gasteiger charge is 2.51. The maximum Gasteiger partial charge on any atom is 0.264 e. The molecule has 0 saturated carbocycles. The highest BCUT2D eigenvalue weighted by Crippen LogP contribution is 2.34. The SMILES string of the molecule is COC[C@@H]1C[C@@](c2ccccc2)([N+](=O)[O-])CNC1=O. The minimum Gasteiger partial charge on any atom is -0.384 e. The molecule has 6 nitrogen and oxygen atoms in total. The number of nitrogens with one attached hydrogen (secondary N) is 1. The molecule has 2 rings (SSSR count). The molecule has 19 heavy (non-hydrogen) atoms. The molecule has 6 heteroatoms. The molecule has 0 aliphatic carbocycles. The summed E-state index contributed by atoms with van der Waals surface area (Å²) in [7, 11) is 1.48. The van der Waals surface area contributed by atoms with Crippen molar-refractivity contribution in [2.24, 2.45) is 5.92 Å². The Morgan fingerprint density at radius 2 is 2.16 bits per heavy atom. The quantitative estimate of drug-likeness (QED) is 0.648. The van der Waals surface area contributed by atoms with Crippen LogP contribution in [0.15, 0.2) is 30.3 Å². The largest absolute Gasteiger partial charge is 0.384 e. The summed E-state index contributed by atoms with van der Waals surface area (Å²) < 4.78 is 4.98. The summed E-state index contributed by atoms with van der Waals surface area (Å²) in [6.07, 6.45) is 0.156. The number of amides is 1. The average Bonchev–Trinajstić information content (AvgIpc) is 2.42. The van der Waals surface area contributed by atoms with Gasteiger partial charge in [-0.1, -0.05) is 30.3 Å². The topological polar surface area (TPSA) is 81.5 Å². The Bertz CT molecular complexity index is 477. The first-order valence-electron chi connectivity index (χ1n) is 6.07. The standard InChI is InChI=1S/C13H16N2O4/c1-19-8-10-7-13(15(17)18,9-14-12(10)16)11-5-3-2-4-6-11/h2-6,10H,7-9H2,1H3,(H,14,16)/t10-,13+/m0/s1. The van der Waals surface area contributed by atoms with Crippen LogP contribution in [0.3, 0.4) is 0 Å². The van der Waals surface area contributed by atoms with Gasteiger partial charge in [0.15, 0.2) is 0 Å². The molecule has 0 aromatic heterocycles. The van der Waals surface area contributed by atoms with E-state index in [1.54, 1.807) is 24.3 Å². The number of ether oxygens (including phenoxy) is 1. The molecule has 0 bridgehead atoms. The van der Waals surface area contributed by atoms with E-state index in [0.717, 1.165) is 0 Å². The third-order valence-electron chi connectivity index (χ3n) is 3.54. The Balaban J connectivity index is 2.36. The van der Waals surface area contributed by atoms with Gasteiger partial charge in [-0.15, -0.1) is 0 Å². The summed E-state index contributed by atoms with van der Waals surface area (Å²) in [6.45, 7) is 0.206. The lowest BCUT2D eigenvalue weighted by Crippen LogP contribution is -2.55. The average molecular weight is 264 g/mol. The van der Waals surface area contributed by atoms with Gasteiger partial charge in [-0.3, -0.25) is 14.9 Å². The zero-order valence-electron chi connectivity index (χ0n) is 10.7. The number of piperidine rings is 1. The van der Waals surface area contributed by atoms with E-state index < -0.39 is 11.5 Å². The van der Waals surface area contributed by atoms with Crippen molar-refractivity contribution >= 4 is 5.91 Å². The number of carbonyl (C=O) groups is 1. The van der Waals surface area contributed by atoms with Crippen LogP contribution in [0.5, 0.6) is 0 Å². The lowest BCUT2D eigenvalue weighted by molar-refractivity contribution is -0.581. The van der Waals surface area contributed by atoms with E-state index >= 15 is 0 Å². The highest BCUT2D eigenvalue weighted by atomic mass is 16.6. The number of hydrogen-bond acceptors (Lipinski definition) is 4. The van der Waals surface area contributed by atoms with Gasteiger partial charge in [0.2, 0.25) is 5.91 Å². The molecule has 102 valence electrons. The minimum atomic E-state index is -1.27. The Hall–Kier alpha value is -1.95. The zero-order valence-corrected chi connectivity index (χ0v) is 10.7. The molecule has 0 unspecified atom stereocenters. The molecule has 1 heterocycles. The van der Waals surface area contributed by atoms with Crippen LogP contribution < -0.4 is 5.32 Å². The Morgan fingerprint density at radius 1 is 1.47 bits per heavy atom. The molecule has 1 aliphatic rings.